The van der Waals surface area contributed by atoms with E-state index in [1.165, 1.54) is 23.2 Å². The number of nitrogens with zero attached hydrogens (tertiary/aromatic N) is 1. The number of carbonyl (C=O) groups is 1. The number of furan rings is 1. The number of thiazole rings is 1. The highest BCUT2D eigenvalue weighted by molar-refractivity contribution is 7.14. The lowest BCUT2D eigenvalue weighted by atomic mass is 10.1. The van der Waals surface area contributed by atoms with Crippen LogP contribution in [0.3, 0.4) is 0 Å². The van der Waals surface area contributed by atoms with Crippen molar-refractivity contribution in [2.75, 3.05) is 5.32 Å². The Labute approximate surface area is 126 Å². The van der Waals surface area contributed by atoms with E-state index in [-0.39, 0.29) is 11.7 Å². The molecule has 0 saturated heterocycles. The number of hydrogen-bond acceptors (Lipinski definition) is 4. The van der Waals surface area contributed by atoms with Gasteiger partial charge in [-0.25, -0.2) is 4.98 Å². The fourth-order valence-electron chi connectivity index (χ4n) is 1.94. The largest absolute Gasteiger partial charge is 0.459 e. The van der Waals surface area contributed by atoms with Crippen molar-refractivity contribution in [1.82, 2.24) is 4.98 Å². The minimum atomic E-state index is -0.290. The molecule has 106 valence electrons. The number of nitrogens with one attached hydrogen (secondary N) is 1. The normalized spacial score (nSPS) is 10.5. The minimum Gasteiger partial charge on any atom is -0.459 e. The van der Waals surface area contributed by atoms with Crippen LogP contribution in [-0.4, -0.2) is 10.9 Å². The number of aromatic nitrogens is 1. The maximum absolute atomic E-state index is 11.9. The summed E-state index contributed by atoms with van der Waals surface area (Å²) in [5.41, 5.74) is 3.19. The third-order valence-corrected chi connectivity index (χ3v) is 3.89. The third-order valence-electron chi connectivity index (χ3n) is 3.13. The molecule has 0 saturated carbocycles. The number of anilines is 1. The molecule has 1 aromatic carbocycles. The van der Waals surface area contributed by atoms with Gasteiger partial charge in [0.05, 0.1) is 12.0 Å². The predicted octanol–water partition coefficient (Wildman–Crippen LogP) is 4.22. The van der Waals surface area contributed by atoms with Gasteiger partial charge in [-0.15, -0.1) is 11.3 Å². The van der Waals surface area contributed by atoms with Gasteiger partial charge in [-0.1, -0.05) is 31.2 Å². The van der Waals surface area contributed by atoms with Gasteiger partial charge >= 0.3 is 0 Å². The molecule has 21 heavy (non-hydrogen) atoms. The van der Waals surface area contributed by atoms with Gasteiger partial charge in [0.25, 0.3) is 5.91 Å². The number of amides is 1. The Balaban J connectivity index is 1.75. The zero-order valence-corrected chi connectivity index (χ0v) is 12.3. The number of aryl methyl sites for hydroxylation is 1. The Morgan fingerprint density at radius 3 is 2.76 bits per heavy atom. The number of hydrogen-bond donors (Lipinski definition) is 1. The molecular weight excluding hydrogens is 284 g/mol. The molecule has 0 aliphatic carbocycles. The van der Waals surface area contributed by atoms with Gasteiger partial charge < -0.3 is 4.42 Å². The van der Waals surface area contributed by atoms with Crippen molar-refractivity contribution < 1.29 is 9.21 Å². The second-order valence-electron chi connectivity index (χ2n) is 4.52. The van der Waals surface area contributed by atoms with Crippen LogP contribution in [-0.2, 0) is 6.42 Å². The van der Waals surface area contributed by atoms with Crippen molar-refractivity contribution in [3.63, 3.8) is 0 Å². The summed E-state index contributed by atoms with van der Waals surface area (Å²) < 4.78 is 5.05. The summed E-state index contributed by atoms with van der Waals surface area (Å²) in [6, 6.07) is 11.6. The van der Waals surface area contributed by atoms with Crippen LogP contribution in [0.4, 0.5) is 5.13 Å². The fraction of sp³-hybridized carbons (Fsp3) is 0.125. The quantitative estimate of drug-likeness (QED) is 0.784. The third kappa shape index (κ3) is 3.03. The minimum absolute atomic E-state index is 0.277. The zero-order chi connectivity index (χ0) is 14.7. The molecule has 1 N–H and O–H groups in total. The molecule has 1 amide bonds. The standard InChI is InChI=1S/C16H14N2O2S/c1-2-11-5-7-12(8-6-11)13-10-21-16(17-13)18-15(19)14-4-3-9-20-14/h3-10H,2H2,1H3,(H,17,18,19). The molecule has 2 heterocycles. The van der Waals surface area contributed by atoms with Crippen molar-refractivity contribution in [2.24, 2.45) is 0 Å². The first-order valence-corrected chi connectivity index (χ1v) is 7.54. The van der Waals surface area contributed by atoms with Crippen LogP contribution in [0.5, 0.6) is 0 Å². The molecule has 3 aromatic rings. The summed E-state index contributed by atoms with van der Waals surface area (Å²) in [5.74, 6) is -0.0127. The van der Waals surface area contributed by atoms with Crippen molar-refractivity contribution >= 4 is 22.4 Å². The van der Waals surface area contributed by atoms with Gasteiger partial charge in [-0.05, 0) is 24.1 Å². The van der Waals surface area contributed by atoms with Crippen molar-refractivity contribution in [3.05, 3.63) is 59.4 Å². The highest BCUT2D eigenvalue weighted by atomic mass is 32.1. The van der Waals surface area contributed by atoms with E-state index in [4.69, 9.17) is 4.42 Å². The van der Waals surface area contributed by atoms with E-state index in [1.807, 2.05) is 17.5 Å². The topological polar surface area (TPSA) is 55.1 Å². The average Bonchev–Trinajstić information content (AvgIpc) is 3.19. The molecule has 0 radical (unpaired) electrons. The van der Waals surface area contributed by atoms with E-state index in [1.54, 1.807) is 12.1 Å². The number of rotatable bonds is 4. The van der Waals surface area contributed by atoms with Gasteiger partial charge in [0.2, 0.25) is 0 Å². The molecule has 4 nitrogen and oxygen atoms in total. The lowest BCUT2D eigenvalue weighted by molar-refractivity contribution is 0.0996. The van der Waals surface area contributed by atoms with Gasteiger partial charge in [0, 0.05) is 10.9 Å². The summed E-state index contributed by atoms with van der Waals surface area (Å²) in [5, 5.41) is 5.22. The first-order chi connectivity index (χ1) is 10.3. The lowest BCUT2D eigenvalue weighted by Crippen LogP contribution is -2.10. The van der Waals surface area contributed by atoms with Crippen LogP contribution < -0.4 is 5.32 Å². The lowest BCUT2D eigenvalue weighted by Gasteiger charge is -2.00. The van der Waals surface area contributed by atoms with Crippen molar-refractivity contribution in [2.45, 2.75) is 13.3 Å². The maximum atomic E-state index is 11.9. The maximum Gasteiger partial charge on any atom is 0.293 e. The summed E-state index contributed by atoms with van der Waals surface area (Å²) in [4.78, 5) is 16.3. The second kappa shape index (κ2) is 5.93. The summed E-state index contributed by atoms with van der Waals surface area (Å²) in [7, 11) is 0. The SMILES string of the molecule is CCc1ccc(-c2csc(NC(=O)c3ccco3)n2)cc1. The molecular formula is C16H14N2O2S. The Hall–Kier alpha value is -2.40. The highest BCUT2D eigenvalue weighted by Crippen LogP contribution is 2.25. The van der Waals surface area contributed by atoms with E-state index in [0.29, 0.717) is 5.13 Å². The molecule has 0 spiro atoms. The molecule has 0 fully saturated rings. The van der Waals surface area contributed by atoms with E-state index in [2.05, 4.69) is 29.4 Å². The van der Waals surface area contributed by atoms with E-state index >= 15 is 0 Å². The molecule has 5 heteroatoms. The molecule has 0 aliphatic heterocycles. The van der Waals surface area contributed by atoms with Crippen LogP contribution in [0, 0.1) is 0 Å². The molecule has 2 aromatic heterocycles. The van der Waals surface area contributed by atoms with E-state index in [0.717, 1.165) is 17.7 Å². The first-order valence-electron chi connectivity index (χ1n) is 6.66. The Kier molecular flexibility index (Phi) is 3.83. The molecule has 0 atom stereocenters. The summed E-state index contributed by atoms with van der Waals surface area (Å²) in [6.07, 6.45) is 2.49. The van der Waals surface area contributed by atoms with Crippen LogP contribution in [0.15, 0.2) is 52.5 Å². The highest BCUT2D eigenvalue weighted by Gasteiger charge is 2.11. The summed E-state index contributed by atoms with van der Waals surface area (Å²) >= 11 is 1.40. The average molecular weight is 298 g/mol. The van der Waals surface area contributed by atoms with Gasteiger partial charge in [-0.3, -0.25) is 10.1 Å². The van der Waals surface area contributed by atoms with Crippen molar-refractivity contribution in [1.29, 1.82) is 0 Å². The molecule has 0 aliphatic rings. The Bertz CT molecular complexity index is 730. The zero-order valence-electron chi connectivity index (χ0n) is 11.5. The van der Waals surface area contributed by atoms with Crippen molar-refractivity contribution in [3.8, 4) is 11.3 Å². The van der Waals surface area contributed by atoms with Gasteiger partial charge in [0.15, 0.2) is 10.9 Å². The number of carbonyl (C=O) groups excluding carboxylic acids is 1. The van der Waals surface area contributed by atoms with Gasteiger partial charge in [0.1, 0.15) is 0 Å². The van der Waals surface area contributed by atoms with E-state index in [9.17, 15) is 4.79 Å². The van der Waals surface area contributed by atoms with Crippen LogP contribution >= 0.6 is 11.3 Å². The van der Waals surface area contributed by atoms with Gasteiger partial charge in [-0.2, -0.15) is 0 Å². The Morgan fingerprint density at radius 1 is 1.29 bits per heavy atom. The fourth-order valence-corrected chi connectivity index (χ4v) is 2.66. The smallest absolute Gasteiger partial charge is 0.293 e. The second-order valence-corrected chi connectivity index (χ2v) is 5.38. The summed E-state index contributed by atoms with van der Waals surface area (Å²) in [6.45, 7) is 2.13. The van der Waals surface area contributed by atoms with E-state index < -0.39 is 0 Å². The number of benzene rings is 1. The predicted molar refractivity (Wildman–Crippen MR) is 83.6 cm³/mol. The molecule has 3 rings (SSSR count). The molecule has 0 unspecified atom stereocenters. The Morgan fingerprint density at radius 2 is 2.10 bits per heavy atom. The first kappa shape index (κ1) is 13.6. The van der Waals surface area contributed by atoms with Crippen LogP contribution in [0.1, 0.15) is 23.0 Å². The van der Waals surface area contributed by atoms with Crippen LogP contribution in [0.25, 0.3) is 11.3 Å². The van der Waals surface area contributed by atoms with Crippen LogP contribution in [0.2, 0.25) is 0 Å². The molecule has 0 bridgehead atoms. The monoisotopic (exact) mass is 298 g/mol.